The van der Waals surface area contributed by atoms with Crippen molar-refractivity contribution in [2.45, 2.75) is 39.7 Å². The van der Waals surface area contributed by atoms with Crippen molar-refractivity contribution in [1.82, 2.24) is 10.8 Å². The van der Waals surface area contributed by atoms with Crippen molar-refractivity contribution in [1.29, 1.82) is 0 Å². The third-order valence-corrected chi connectivity index (χ3v) is 2.64. The average molecular weight is 214 g/mol. The van der Waals surface area contributed by atoms with Crippen LogP contribution in [0.2, 0.25) is 0 Å². The van der Waals surface area contributed by atoms with Gasteiger partial charge in [0.2, 0.25) is 0 Å². The first kappa shape index (κ1) is 12.5. The Kier molecular flexibility index (Phi) is 5.05. The molecule has 0 bridgehead atoms. The third kappa shape index (κ3) is 4.18. The smallest absolute Gasteiger partial charge is 0.260 e. The summed E-state index contributed by atoms with van der Waals surface area (Å²) < 4.78 is 0. The van der Waals surface area contributed by atoms with Crippen LogP contribution in [0, 0.1) is 11.8 Å². The summed E-state index contributed by atoms with van der Waals surface area (Å²) >= 11 is 0. The second kappa shape index (κ2) is 6.08. The van der Waals surface area contributed by atoms with Crippen LogP contribution < -0.4 is 10.8 Å². The van der Waals surface area contributed by atoms with E-state index in [4.69, 9.17) is 4.84 Å². The quantitative estimate of drug-likeness (QED) is 0.688. The molecular formula is C11H22N2O2. The van der Waals surface area contributed by atoms with Crippen molar-refractivity contribution in [2.24, 2.45) is 11.8 Å². The SMILES string of the molecule is CC(C)CONC(=O)C1NCCCC1C. The van der Waals surface area contributed by atoms with E-state index in [-0.39, 0.29) is 11.9 Å². The second-order valence-corrected chi connectivity index (χ2v) is 4.72. The zero-order valence-corrected chi connectivity index (χ0v) is 9.88. The fourth-order valence-electron chi connectivity index (χ4n) is 1.74. The van der Waals surface area contributed by atoms with Crippen LogP contribution in [0.5, 0.6) is 0 Å². The lowest BCUT2D eigenvalue weighted by Crippen LogP contribution is -2.50. The van der Waals surface area contributed by atoms with E-state index >= 15 is 0 Å². The van der Waals surface area contributed by atoms with Crippen LogP contribution in [0.4, 0.5) is 0 Å². The minimum atomic E-state index is -0.0917. The molecule has 88 valence electrons. The van der Waals surface area contributed by atoms with Gasteiger partial charge < -0.3 is 5.32 Å². The van der Waals surface area contributed by atoms with Crippen molar-refractivity contribution >= 4 is 5.91 Å². The summed E-state index contributed by atoms with van der Waals surface area (Å²) in [6, 6.07) is -0.0917. The van der Waals surface area contributed by atoms with Crippen molar-refractivity contribution in [3.05, 3.63) is 0 Å². The first-order chi connectivity index (χ1) is 7.11. The third-order valence-electron chi connectivity index (χ3n) is 2.64. The molecule has 2 atom stereocenters. The Morgan fingerprint density at radius 1 is 1.60 bits per heavy atom. The molecule has 0 aromatic rings. The van der Waals surface area contributed by atoms with Crippen LogP contribution in [0.25, 0.3) is 0 Å². The van der Waals surface area contributed by atoms with Gasteiger partial charge in [-0.05, 0) is 31.2 Å². The predicted molar refractivity (Wildman–Crippen MR) is 59.1 cm³/mol. The largest absolute Gasteiger partial charge is 0.306 e. The van der Waals surface area contributed by atoms with E-state index in [2.05, 4.69) is 17.7 Å². The lowest BCUT2D eigenvalue weighted by molar-refractivity contribution is -0.138. The van der Waals surface area contributed by atoms with Crippen LogP contribution in [0.1, 0.15) is 33.6 Å². The first-order valence-electron chi connectivity index (χ1n) is 5.76. The number of nitrogens with one attached hydrogen (secondary N) is 2. The molecule has 1 amide bonds. The number of piperidine rings is 1. The highest BCUT2D eigenvalue weighted by Crippen LogP contribution is 2.15. The fraction of sp³-hybridized carbons (Fsp3) is 0.909. The molecule has 1 rings (SSSR count). The molecule has 0 radical (unpaired) electrons. The van der Waals surface area contributed by atoms with Crippen molar-refractivity contribution < 1.29 is 9.63 Å². The van der Waals surface area contributed by atoms with Gasteiger partial charge in [-0.25, -0.2) is 5.48 Å². The van der Waals surface area contributed by atoms with E-state index in [1.165, 1.54) is 0 Å². The molecule has 2 unspecified atom stereocenters. The van der Waals surface area contributed by atoms with E-state index in [0.29, 0.717) is 18.4 Å². The molecule has 2 N–H and O–H groups in total. The zero-order chi connectivity index (χ0) is 11.3. The maximum absolute atomic E-state index is 11.7. The molecule has 15 heavy (non-hydrogen) atoms. The van der Waals surface area contributed by atoms with E-state index in [1.807, 2.05) is 13.8 Å². The average Bonchev–Trinajstić information content (AvgIpc) is 2.17. The number of hydrogen-bond donors (Lipinski definition) is 2. The summed E-state index contributed by atoms with van der Waals surface area (Å²) in [4.78, 5) is 16.8. The highest BCUT2D eigenvalue weighted by atomic mass is 16.7. The molecule has 1 saturated heterocycles. The first-order valence-corrected chi connectivity index (χ1v) is 5.76. The van der Waals surface area contributed by atoms with Crippen LogP contribution in [-0.4, -0.2) is 25.1 Å². The van der Waals surface area contributed by atoms with Crippen LogP contribution >= 0.6 is 0 Å². The maximum atomic E-state index is 11.7. The molecule has 1 aliphatic heterocycles. The van der Waals surface area contributed by atoms with Crippen LogP contribution in [0.3, 0.4) is 0 Å². The molecule has 0 saturated carbocycles. The Balaban J connectivity index is 2.26. The van der Waals surface area contributed by atoms with E-state index in [0.717, 1.165) is 19.4 Å². The van der Waals surface area contributed by atoms with Crippen LogP contribution in [0.15, 0.2) is 0 Å². The number of hydrogen-bond acceptors (Lipinski definition) is 3. The minimum Gasteiger partial charge on any atom is -0.306 e. The van der Waals surface area contributed by atoms with Gasteiger partial charge in [-0.15, -0.1) is 0 Å². The van der Waals surface area contributed by atoms with Gasteiger partial charge in [-0.1, -0.05) is 20.8 Å². The Morgan fingerprint density at radius 2 is 2.33 bits per heavy atom. The summed E-state index contributed by atoms with van der Waals surface area (Å²) in [5.41, 5.74) is 2.51. The van der Waals surface area contributed by atoms with E-state index in [9.17, 15) is 4.79 Å². The number of carbonyl (C=O) groups is 1. The molecule has 1 fully saturated rings. The van der Waals surface area contributed by atoms with Gasteiger partial charge in [-0.3, -0.25) is 9.63 Å². The standard InChI is InChI=1S/C11H22N2O2/c1-8(2)7-15-13-11(14)10-9(3)5-4-6-12-10/h8-10,12H,4-7H2,1-3H3,(H,13,14). The lowest BCUT2D eigenvalue weighted by atomic mass is 9.92. The maximum Gasteiger partial charge on any atom is 0.260 e. The van der Waals surface area contributed by atoms with Crippen molar-refractivity contribution in [2.75, 3.05) is 13.2 Å². The van der Waals surface area contributed by atoms with Gasteiger partial charge in [0.05, 0.1) is 12.6 Å². The molecule has 0 aromatic carbocycles. The zero-order valence-electron chi connectivity index (χ0n) is 9.88. The van der Waals surface area contributed by atoms with Crippen molar-refractivity contribution in [3.63, 3.8) is 0 Å². The monoisotopic (exact) mass is 214 g/mol. The highest BCUT2D eigenvalue weighted by Gasteiger charge is 2.27. The van der Waals surface area contributed by atoms with Gasteiger partial charge in [0.1, 0.15) is 0 Å². The molecule has 0 aromatic heterocycles. The number of rotatable bonds is 4. The Morgan fingerprint density at radius 3 is 2.93 bits per heavy atom. The summed E-state index contributed by atoms with van der Waals surface area (Å²) in [6.07, 6.45) is 2.26. The Labute approximate surface area is 91.7 Å². The molecule has 0 aliphatic carbocycles. The molecule has 4 heteroatoms. The summed E-state index contributed by atoms with van der Waals surface area (Å²) in [7, 11) is 0. The van der Waals surface area contributed by atoms with Gasteiger partial charge >= 0.3 is 0 Å². The summed E-state index contributed by atoms with van der Waals surface area (Å²) in [5.74, 6) is 0.784. The molecule has 1 heterocycles. The topological polar surface area (TPSA) is 50.4 Å². The minimum absolute atomic E-state index is 0.0390. The fourth-order valence-corrected chi connectivity index (χ4v) is 1.74. The van der Waals surface area contributed by atoms with Crippen LogP contribution in [-0.2, 0) is 9.63 Å². The van der Waals surface area contributed by atoms with Gasteiger partial charge in [-0.2, -0.15) is 0 Å². The normalized spacial score (nSPS) is 26.7. The molecule has 4 nitrogen and oxygen atoms in total. The Bertz CT molecular complexity index is 207. The van der Waals surface area contributed by atoms with E-state index < -0.39 is 0 Å². The highest BCUT2D eigenvalue weighted by molar-refractivity contribution is 5.81. The molecular weight excluding hydrogens is 192 g/mol. The van der Waals surface area contributed by atoms with E-state index in [1.54, 1.807) is 0 Å². The number of carbonyl (C=O) groups excluding carboxylic acids is 1. The van der Waals surface area contributed by atoms with Gasteiger partial charge in [0, 0.05) is 0 Å². The number of amides is 1. The second-order valence-electron chi connectivity index (χ2n) is 4.72. The number of hydroxylamine groups is 1. The van der Waals surface area contributed by atoms with Gasteiger partial charge in [0.15, 0.2) is 0 Å². The molecule has 1 aliphatic rings. The summed E-state index contributed by atoms with van der Waals surface area (Å²) in [6.45, 7) is 7.68. The predicted octanol–water partition coefficient (Wildman–Crippen LogP) is 1.08. The van der Waals surface area contributed by atoms with Crippen molar-refractivity contribution in [3.8, 4) is 0 Å². The summed E-state index contributed by atoms with van der Waals surface area (Å²) in [5, 5.41) is 3.21. The van der Waals surface area contributed by atoms with Gasteiger partial charge in [0.25, 0.3) is 5.91 Å². The Hall–Kier alpha value is -0.610. The molecule has 0 spiro atoms. The lowest BCUT2D eigenvalue weighted by Gasteiger charge is -2.28.